The predicted octanol–water partition coefficient (Wildman–Crippen LogP) is 1.77. The van der Waals surface area contributed by atoms with Gasteiger partial charge in [-0.05, 0) is 12.1 Å². The van der Waals surface area contributed by atoms with Crippen molar-refractivity contribution in [2.45, 2.75) is 0 Å². The molecule has 0 fully saturated rings. The van der Waals surface area contributed by atoms with Gasteiger partial charge in [-0.1, -0.05) is 11.6 Å². The summed E-state index contributed by atoms with van der Waals surface area (Å²) in [7, 11) is 0. The van der Waals surface area contributed by atoms with Crippen LogP contribution in [-0.2, 0) is 0 Å². The van der Waals surface area contributed by atoms with Crippen molar-refractivity contribution in [2.24, 2.45) is 5.73 Å². The molecule has 1 rings (SSSR count). The third kappa shape index (κ3) is 2.17. The van der Waals surface area contributed by atoms with Crippen molar-refractivity contribution in [3.63, 3.8) is 0 Å². The zero-order valence-electron chi connectivity index (χ0n) is 5.43. The Hall–Kier alpha value is -0.250. The highest BCUT2D eigenvalue weighted by Gasteiger charge is 1.93. The Balaban J connectivity index is 2.42. The molecule has 0 unspecified atom stereocenters. The summed E-state index contributed by atoms with van der Waals surface area (Å²) >= 11 is 7.21. The Labute approximate surface area is 69.0 Å². The van der Waals surface area contributed by atoms with E-state index in [1.807, 2.05) is 12.1 Å². The summed E-state index contributed by atoms with van der Waals surface area (Å²) in [5.41, 5.74) is 5.29. The Kier molecular flexibility index (Phi) is 2.99. The van der Waals surface area contributed by atoms with Gasteiger partial charge in [0.15, 0.2) is 0 Å². The number of nitrogens with two attached hydrogens (primary N) is 1. The predicted molar refractivity (Wildman–Crippen MR) is 46.9 cm³/mol. The second kappa shape index (κ2) is 3.81. The molecule has 0 atom stereocenters. The summed E-state index contributed by atoms with van der Waals surface area (Å²) in [5, 5.41) is 4.20. The van der Waals surface area contributed by atoms with Gasteiger partial charge in [0, 0.05) is 13.1 Å². The molecular formula is C6H9ClN2S. The lowest BCUT2D eigenvalue weighted by Crippen LogP contribution is -2.12. The fraction of sp³-hybridized carbons (Fsp3) is 0.333. The molecule has 0 spiro atoms. The molecule has 0 aliphatic heterocycles. The molecule has 0 aliphatic rings. The highest BCUT2D eigenvalue weighted by atomic mass is 35.5. The monoisotopic (exact) mass is 176 g/mol. The Morgan fingerprint density at radius 3 is 2.90 bits per heavy atom. The van der Waals surface area contributed by atoms with Crippen LogP contribution in [-0.4, -0.2) is 13.1 Å². The van der Waals surface area contributed by atoms with E-state index in [-0.39, 0.29) is 0 Å². The van der Waals surface area contributed by atoms with Crippen molar-refractivity contribution in [3.05, 3.63) is 16.5 Å². The molecule has 0 amide bonds. The van der Waals surface area contributed by atoms with Gasteiger partial charge in [-0.2, -0.15) is 0 Å². The third-order valence-corrected chi connectivity index (χ3v) is 2.21. The molecular weight excluding hydrogens is 168 g/mol. The maximum Gasteiger partial charge on any atom is 0.0950 e. The van der Waals surface area contributed by atoms with Gasteiger partial charge in [0.2, 0.25) is 0 Å². The smallest absolute Gasteiger partial charge is 0.0950 e. The lowest BCUT2D eigenvalue weighted by Gasteiger charge is -1.97. The summed E-state index contributed by atoms with van der Waals surface area (Å²) in [6, 6.07) is 3.81. The quantitative estimate of drug-likeness (QED) is 0.737. The summed E-state index contributed by atoms with van der Waals surface area (Å²) < 4.78 is 0.805. The standard InChI is InChI=1S/C6H9ClN2S/c7-5-1-2-6(10-5)9-4-3-8/h1-2,9H,3-4,8H2. The van der Waals surface area contributed by atoms with Gasteiger partial charge < -0.3 is 11.1 Å². The number of hydrogen-bond acceptors (Lipinski definition) is 3. The Morgan fingerprint density at radius 2 is 2.40 bits per heavy atom. The molecule has 0 saturated heterocycles. The minimum absolute atomic E-state index is 0.648. The normalized spacial score (nSPS) is 9.80. The van der Waals surface area contributed by atoms with Crippen LogP contribution in [0.25, 0.3) is 0 Å². The van der Waals surface area contributed by atoms with E-state index in [4.69, 9.17) is 17.3 Å². The van der Waals surface area contributed by atoms with E-state index in [1.54, 1.807) is 0 Å². The van der Waals surface area contributed by atoms with Crippen molar-refractivity contribution < 1.29 is 0 Å². The molecule has 0 aliphatic carbocycles. The van der Waals surface area contributed by atoms with Crippen LogP contribution in [0, 0.1) is 0 Å². The third-order valence-electron chi connectivity index (χ3n) is 1.02. The molecule has 0 aromatic carbocycles. The SMILES string of the molecule is NCCNc1ccc(Cl)s1. The van der Waals surface area contributed by atoms with Crippen LogP contribution >= 0.6 is 22.9 Å². The molecule has 1 heterocycles. The lowest BCUT2D eigenvalue weighted by molar-refractivity contribution is 1.03. The van der Waals surface area contributed by atoms with Gasteiger partial charge in [-0.15, -0.1) is 11.3 Å². The van der Waals surface area contributed by atoms with Gasteiger partial charge in [-0.3, -0.25) is 0 Å². The topological polar surface area (TPSA) is 38.0 Å². The highest BCUT2D eigenvalue weighted by molar-refractivity contribution is 7.19. The van der Waals surface area contributed by atoms with Crippen LogP contribution in [0.2, 0.25) is 4.34 Å². The number of nitrogens with one attached hydrogen (secondary N) is 1. The van der Waals surface area contributed by atoms with E-state index in [0.717, 1.165) is 15.9 Å². The molecule has 0 saturated carbocycles. The molecule has 4 heteroatoms. The van der Waals surface area contributed by atoms with Gasteiger partial charge in [-0.25, -0.2) is 0 Å². The maximum atomic E-state index is 5.69. The zero-order chi connectivity index (χ0) is 7.40. The summed E-state index contributed by atoms with van der Waals surface area (Å²) in [6.45, 7) is 1.45. The average molecular weight is 177 g/mol. The summed E-state index contributed by atoms with van der Waals surface area (Å²) in [5.74, 6) is 0. The molecule has 1 aromatic rings. The molecule has 1 aromatic heterocycles. The number of halogens is 1. The van der Waals surface area contributed by atoms with E-state index in [1.165, 1.54) is 11.3 Å². The number of anilines is 1. The van der Waals surface area contributed by atoms with Crippen LogP contribution in [0.3, 0.4) is 0 Å². The first kappa shape index (κ1) is 7.85. The van der Waals surface area contributed by atoms with Crippen LogP contribution in [0.4, 0.5) is 5.00 Å². The first-order chi connectivity index (χ1) is 4.83. The molecule has 2 nitrogen and oxygen atoms in total. The van der Waals surface area contributed by atoms with Crippen molar-refractivity contribution in [3.8, 4) is 0 Å². The van der Waals surface area contributed by atoms with Crippen LogP contribution < -0.4 is 11.1 Å². The van der Waals surface area contributed by atoms with Crippen molar-refractivity contribution >= 4 is 27.9 Å². The van der Waals surface area contributed by atoms with Gasteiger partial charge in [0.05, 0.1) is 9.34 Å². The fourth-order valence-corrected chi connectivity index (χ4v) is 1.57. The molecule has 0 bridgehead atoms. The van der Waals surface area contributed by atoms with Crippen molar-refractivity contribution in [2.75, 3.05) is 18.4 Å². The van der Waals surface area contributed by atoms with Gasteiger partial charge in [0.1, 0.15) is 0 Å². The van der Waals surface area contributed by atoms with E-state index >= 15 is 0 Å². The first-order valence-corrected chi connectivity index (χ1v) is 4.21. The van der Waals surface area contributed by atoms with Gasteiger partial charge >= 0.3 is 0 Å². The van der Waals surface area contributed by atoms with E-state index in [0.29, 0.717) is 6.54 Å². The second-order valence-corrected chi connectivity index (χ2v) is 3.53. The summed E-state index contributed by atoms with van der Waals surface area (Å²) in [4.78, 5) is 0. The van der Waals surface area contributed by atoms with E-state index < -0.39 is 0 Å². The fourth-order valence-electron chi connectivity index (χ4n) is 0.605. The van der Waals surface area contributed by atoms with E-state index in [9.17, 15) is 0 Å². The van der Waals surface area contributed by atoms with Crippen LogP contribution in [0.15, 0.2) is 12.1 Å². The lowest BCUT2D eigenvalue weighted by atomic mass is 10.6. The minimum atomic E-state index is 0.648. The maximum absolute atomic E-state index is 5.69. The molecule has 56 valence electrons. The zero-order valence-corrected chi connectivity index (χ0v) is 7.00. The van der Waals surface area contributed by atoms with Crippen molar-refractivity contribution in [1.82, 2.24) is 0 Å². The van der Waals surface area contributed by atoms with Crippen LogP contribution in [0.5, 0.6) is 0 Å². The number of hydrogen-bond donors (Lipinski definition) is 2. The Morgan fingerprint density at radius 1 is 1.60 bits per heavy atom. The largest absolute Gasteiger partial charge is 0.376 e. The first-order valence-electron chi connectivity index (χ1n) is 3.02. The molecule has 10 heavy (non-hydrogen) atoms. The van der Waals surface area contributed by atoms with Crippen molar-refractivity contribution in [1.29, 1.82) is 0 Å². The summed E-state index contributed by atoms with van der Waals surface area (Å²) in [6.07, 6.45) is 0. The second-order valence-electron chi connectivity index (χ2n) is 1.82. The molecule has 0 radical (unpaired) electrons. The average Bonchev–Trinajstić information content (AvgIpc) is 2.31. The van der Waals surface area contributed by atoms with Gasteiger partial charge in [0.25, 0.3) is 0 Å². The van der Waals surface area contributed by atoms with E-state index in [2.05, 4.69) is 5.32 Å². The highest BCUT2D eigenvalue weighted by Crippen LogP contribution is 2.25. The number of thiophene rings is 1. The number of rotatable bonds is 3. The Bertz CT molecular complexity index is 199. The van der Waals surface area contributed by atoms with Crippen LogP contribution in [0.1, 0.15) is 0 Å². The minimum Gasteiger partial charge on any atom is -0.376 e. The molecule has 3 N–H and O–H groups in total.